The third-order valence-corrected chi connectivity index (χ3v) is 3.67. The van der Waals surface area contributed by atoms with E-state index in [1.54, 1.807) is 24.3 Å². The minimum atomic E-state index is -1.48. The number of aromatic nitrogens is 1. The van der Waals surface area contributed by atoms with Gasteiger partial charge < -0.3 is 0 Å². The lowest BCUT2D eigenvalue weighted by molar-refractivity contribution is 0.298. The monoisotopic (exact) mass is 271 g/mol. The van der Waals surface area contributed by atoms with Crippen LogP contribution < -0.4 is 0 Å². The summed E-state index contributed by atoms with van der Waals surface area (Å²) in [7, 11) is 0. The molecule has 0 saturated carbocycles. The van der Waals surface area contributed by atoms with Crippen LogP contribution in [0, 0.1) is 11.8 Å². The van der Waals surface area contributed by atoms with Crippen molar-refractivity contribution in [2.24, 2.45) is 0 Å². The Morgan fingerprint density at radius 1 is 0.700 bits per heavy atom. The van der Waals surface area contributed by atoms with Crippen LogP contribution in [0.2, 0.25) is 0 Å². The Labute approximate surface area is 111 Å². The number of hydrogen-bond acceptors (Lipinski definition) is 0. The maximum Gasteiger partial charge on any atom is 0.259 e. The van der Waals surface area contributed by atoms with E-state index in [4.69, 9.17) is 0 Å². The highest BCUT2D eigenvalue weighted by Crippen LogP contribution is 2.38. The number of hydrogen-bond donors (Lipinski definition) is 0. The van der Waals surface area contributed by atoms with Gasteiger partial charge in [-0.25, -0.2) is 4.39 Å². The van der Waals surface area contributed by atoms with E-state index >= 15 is 0 Å². The predicted molar refractivity (Wildman–Crippen MR) is 73.4 cm³/mol. The fourth-order valence-corrected chi connectivity index (χ4v) is 2.84. The average molecular weight is 271 g/mol. The molecule has 1 heterocycles. The Balaban J connectivity index is 2.50. The molecule has 0 atom stereocenters. The molecule has 0 spiro atoms. The molecule has 3 aromatic carbocycles. The number of halogens is 3. The fraction of sp³-hybridized carbons (Fsp3) is 0. The molecule has 0 bridgehead atoms. The van der Waals surface area contributed by atoms with Crippen molar-refractivity contribution < 1.29 is 13.3 Å². The number of fused-ring (bicyclic) bond motifs is 6. The van der Waals surface area contributed by atoms with Crippen molar-refractivity contribution in [3.63, 3.8) is 0 Å². The maximum atomic E-state index is 14.0. The quantitative estimate of drug-likeness (QED) is 0.398. The van der Waals surface area contributed by atoms with Gasteiger partial charge in [0.15, 0.2) is 5.82 Å². The van der Waals surface area contributed by atoms with Crippen LogP contribution in [0.25, 0.3) is 32.4 Å². The van der Waals surface area contributed by atoms with Crippen molar-refractivity contribution in [3.8, 4) is 0 Å². The highest BCUT2D eigenvalue weighted by Gasteiger charge is 2.22. The van der Waals surface area contributed by atoms with E-state index in [0.29, 0.717) is 10.8 Å². The standard InChI is InChI=1S/C16H8F3N/c17-14-13-11-7-3-1-5-9(11)10-6-2-4-8-12(10)15(13)20(19)16(14)18/h1-8H. The Hall–Kier alpha value is -2.49. The van der Waals surface area contributed by atoms with Crippen LogP contribution in [0.4, 0.5) is 13.3 Å². The highest BCUT2D eigenvalue weighted by molar-refractivity contribution is 6.24. The first-order valence-corrected chi connectivity index (χ1v) is 6.15. The Bertz CT molecular complexity index is 907. The Morgan fingerprint density at radius 2 is 1.20 bits per heavy atom. The van der Waals surface area contributed by atoms with E-state index in [2.05, 4.69) is 0 Å². The SMILES string of the molecule is Fc1c(F)n(F)c2c3ccccc3c3ccccc3c12. The van der Waals surface area contributed by atoms with Gasteiger partial charge in [0, 0.05) is 5.39 Å². The molecule has 0 N–H and O–H groups in total. The Morgan fingerprint density at radius 3 is 1.85 bits per heavy atom. The maximum absolute atomic E-state index is 14.0. The zero-order chi connectivity index (χ0) is 13.9. The van der Waals surface area contributed by atoms with Gasteiger partial charge in [-0.3, -0.25) is 0 Å². The van der Waals surface area contributed by atoms with Gasteiger partial charge in [0.05, 0.1) is 10.9 Å². The predicted octanol–water partition coefficient (Wildman–Crippen LogP) is 4.96. The smallest absolute Gasteiger partial charge is 0.201 e. The summed E-state index contributed by atoms with van der Waals surface area (Å²) in [5.74, 6) is -2.63. The molecule has 4 aromatic rings. The van der Waals surface area contributed by atoms with Crippen molar-refractivity contribution in [1.29, 1.82) is 0 Å². The molecule has 98 valence electrons. The minimum Gasteiger partial charge on any atom is -0.201 e. The Kier molecular flexibility index (Phi) is 2.13. The summed E-state index contributed by atoms with van der Waals surface area (Å²) >= 11 is 0. The molecular formula is C16H8F3N. The van der Waals surface area contributed by atoms with E-state index < -0.39 is 11.8 Å². The summed E-state index contributed by atoms with van der Waals surface area (Å²) in [6, 6.07) is 14.1. The summed E-state index contributed by atoms with van der Waals surface area (Å²) in [4.78, 5) is -0.209. The van der Waals surface area contributed by atoms with Crippen LogP contribution in [0.5, 0.6) is 0 Å². The lowest BCUT2D eigenvalue weighted by atomic mass is 9.98. The topological polar surface area (TPSA) is 4.93 Å². The first kappa shape index (κ1) is 11.3. The van der Waals surface area contributed by atoms with Gasteiger partial charge in [-0.1, -0.05) is 53.0 Å². The third kappa shape index (κ3) is 1.23. The molecule has 20 heavy (non-hydrogen) atoms. The number of nitrogens with zero attached hydrogens (tertiary/aromatic N) is 1. The van der Waals surface area contributed by atoms with Crippen molar-refractivity contribution >= 4 is 32.4 Å². The number of rotatable bonds is 0. The zero-order valence-corrected chi connectivity index (χ0v) is 10.2. The summed E-state index contributed by atoms with van der Waals surface area (Å²) in [5, 5.41) is 2.53. The second-order valence-electron chi connectivity index (χ2n) is 4.70. The largest absolute Gasteiger partial charge is 0.259 e. The molecule has 0 amide bonds. The first-order valence-electron chi connectivity index (χ1n) is 6.15. The van der Waals surface area contributed by atoms with Crippen LogP contribution in [0.3, 0.4) is 0 Å². The van der Waals surface area contributed by atoms with Crippen LogP contribution in [0.15, 0.2) is 48.5 Å². The van der Waals surface area contributed by atoms with Crippen LogP contribution >= 0.6 is 0 Å². The van der Waals surface area contributed by atoms with E-state index in [1.807, 2.05) is 24.3 Å². The molecule has 0 radical (unpaired) electrons. The molecule has 0 aliphatic heterocycles. The van der Waals surface area contributed by atoms with Crippen LogP contribution in [0.1, 0.15) is 0 Å². The summed E-state index contributed by atoms with van der Waals surface area (Å²) in [6.07, 6.45) is 0. The van der Waals surface area contributed by atoms with Gasteiger partial charge in [0.1, 0.15) is 0 Å². The van der Waals surface area contributed by atoms with E-state index in [0.717, 1.165) is 10.8 Å². The van der Waals surface area contributed by atoms with Crippen molar-refractivity contribution in [3.05, 3.63) is 60.3 Å². The van der Waals surface area contributed by atoms with Crippen molar-refractivity contribution in [2.75, 3.05) is 0 Å². The van der Waals surface area contributed by atoms with Gasteiger partial charge in [0.25, 0.3) is 5.95 Å². The molecule has 0 unspecified atom stereocenters. The summed E-state index contributed by atoms with van der Waals surface area (Å²) in [6.45, 7) is 0. The third-order valence-electron chi connectivity index (χ3n) is 3.67. The molecule has 0 aliphatic carbocycles. The average Bonchev–Trinajstić information content (AvgIpc) is 2.73. The van der Waals surface area contributed by atoms with Gasteiger partial charge >= 0.3 is 0 Å². The fourth-order valence-electron chi connectivity index (χ4n) is 2.84. The van der Waals surface area contributed by atoms with Gasteiger partial charge in [-0.15, -0.1) is 4.79 Å². The van der Waals surface area contributed by atoms with E-state index in [-0.39, 0.29) is 15.7 Å². The first-order chi connectivity index (χ1) is 9.70. The van der Waals surface area contributed by atoms with Crippen LogP contribution in [-0.4, -0.2) is 4.79 Å². The molecule has 4 heteroatoms. The molecule has 0 fully saturated rings. The second-order valence-corrected chi connectivity index (χ2v) is 4.70. The van der Waals surface area contributed by atoms with Gasteiger partial charge in [-0.2, -0.15) is 4.39 Å². The summed E-state index contributed by atoms with van der Waals surface area (Å²) < 4.78 is 41.6. The zero-order valence-electron chi connectivity index (χ0n) is 10.2. The second kappa shape index (κ2) is 3.76. The van der Waals surface area contributed by atoms with Gasteiger partial charge in [-0.05, 0) is 16.2 Å². The lowest BCUT2D eigenvalue weighted by Gasteiger charge is -2.06. The lowest BCUT2D eigenvalue weighted by Crippen LogP contribution is -1.87. The minimum absolute atomic E-state index is 0.0145. The molecule has 1 aromatic heterocycles. The molecule has 4 rings (SSSR count). The molecule has 0 saturated heterocycles. The summed E-state index contributed by atoms with van der Waals surface area (Å²) in [5.41, 5.74) is -0.0608. The van der Waals surface area contributed by atoms with Crippen molar-refractivity contribution in [1.82, 2.24) is 4.79 Å². The normalized spacial score (nSPS) is 11.8. The van der Waals surface area contributed by atoms with Gasteiger partial charge in [0.2, 0.25) is 0 Å². The molecule has 1 nitrogen and oxygen atoms in total. The molecule has 0 aliphatic rings. The molecular weight excluding hydrogens is 263 g/mol. The van der Waals surface area contributed by atoms with E-state index in [1.165, 1.54) is 0 Å². The highest BCUT2D eigenvalue weighted by atomic mass is 19.2. The van der Waals surface area contributed by atoms with Crippen LogP contribution in [-0.2, 0) is 0 Å². The van der Waals surface area contributed by atoms with E-state index in [9.17, 15) is 13.3 Å². The van der Waals surface area contributed by atoms with Crippen molar-refractivity contribution in [2.45, 2.75) is 0 Å². The number of benzene rings is 3.